The van der Waals surface area contributed by atoms with Crippen LogP contribution in [0.1, 0.15) is 36.2 Å². The topological polar surface area (TPSA) is 34.1 Å². The van der Waals surface area contributed by atoms with Crippen LogP contribution < -0.4 is 10.1 Å². The van der Waals surface area contributed by atoms with E-state index in [1.165, 1.54) is 5.56 Å². The van der Waals surface area contributed by atoms with E-state index in [-0.39, 0.29) is 6.04 Å². The zero-order valence-corrected chi connectivity index (χ0v) is 12.5. The minimum Gasteiger partial charge on any atom is -0.494 e. The molecule has 3 nitrogen and oxygen atoms in total. The molecule has 102 valence electrons. The number of thiazole rings is 1. The molecule has 0 bridgehead atoms. The van der Waals surface area contributed by atoms with Gasteiger partial charge in [-0.3, -0.25) is 0 Å². The Morgan fingerprint density at radius 3 is 2.63 bits per heavy atom. The molecule has 0 aliphatic carbocycles. The van der Waals surface area contributed by atoms with Gasteiger partial charge in [0.25, 0.3) is 0 Å². The van der Waals surface area contributed by atoms with Gasteiger partial charge >= 0.3 is 0 Å². The maximum atomic E-state index is 5.43. The lowest BCUT2D eigenvalue weighted by Gasteiger charge is -2.11. The van der Waals surface area contributed by atoms with Gasteiger partial charge in [-0.1, -0.05) is 12.1 Å². The van der Waals surface area contributed by atoms with Gasteiger partial charge < -0.3 is 10.1 Å². The van der Waals surface area contributed by atoms with Crippen LogP contribution in [0, 0.1) is 6.92 Å². The molecule has 1 unspecified atom stereocenters. The van der Waals surface area contributed by atoms with E-state index in [1.807, 2.05) is 26.0 Å². The summed E-state index contributed by atoms with van der Waals surface area (Å²) < 4.78 is 5.43. The van der Waals surface area contributed by atoms with Gasteiger partial charge in [-0.2, -0.15) is 0 Å². The van der Waals surface area contributed by atoms with Crippen LogP contribution in [0.4, 0.5) is 0 Å². The highest BCUT2D eigenvalue weighted by Gasteiger charge is 2.08. The molecule has 1 N–H and O–H groups in total. The molecule has 0 aliphatic heterocycles. The molecule has 19 heavy (non-hydrogen) atoms. The zero-order chi connectivity index (χ0) is 13.7. The Bertz CT molecular complexity index is 507. The van der Waals surface area contributed by atoms with E-state index in [0.717, 1.165) is 23.0 Å². The number of aryl methyl sites for hydroxylation is 1. The van der Waals surface area contributed by atoms with Crippen LogP contribution in [0.5, 0.6) is 5.75 Å². The molecule has 0 saturated carbocycles. The summed E-state index contributed by atoms with van der Waals surface area (Å²) in [6.45, 7) is 7.71. The van der Waals surface area contributed by atoms with Crippen molar-refractivity contribution in [3.05, 3.63) is 45.9 Å². The minimum atomic E-state index is 0.283. The molecule has 1 aromatic carbocycles. The van der Waals surface area contributed by atoms with Gasteiger partial charge in [0.15, 0.2) is 0 Å². The van der Waals surface area contributed by atoms with Crippen molar-refractivity contribution in [2.24, 2.45) is 0 Å². The number of hydrogen-bond donors (Lipinski definition) is 1. The second-order valence-corrected chi connectivity index (χ2v) is 5.40. The van der Waals surface area contributed by atoms with E-state index in [2.05, 4.69) is 34.7 Å². The lowest BCUT2D eigenvalue weighted by molar-refractivity contribution is 0.340. The molecule has 0 fully saturated rings. The number of rotatable bonds is 6. The second-order valence-electron chi connectivity index (χ2n) is 4.51. The number of ether oxygens (including phenoxy) is 1. The van der Waals surface area contributed by atoms with Gasteiger partial charge in [0.2, 0.25) is 0 Å². The van der Waals surface area contributed by atoms with Crippen molar-refractivity contribution in [2.45, 2.75) is 33.4 Å². The van der Waals surface area contributed by atoms with Crippen molar-refractivity contribution in [3.63, 3.8) is 0 Å². The first kappa shape index (κ1) is 14.0. The van der Waals surface area contributed by atoms with E-state index >= 15 is 0 Å². The van der Waals surface area contributed by atoms with Crippen LogP contribution in [0.15, 0.2) is 29.6 Å². The predicted molar refractivity (Wildman–Crippen MR) is 79.7 cm³/mol. The summed E-state index contributed by atoms with van der Waals surface area (Å²) in [7, 11) is 0. The standard InChI is InChI=1S/C15H20N2OS/c1-4-18-14-7-5-13(6-8-14)9-16-12(3)15-17-11(2)10-19-15/h5-8,10,12,16H,4,9H2,1-3H3. The molecule has 1 atom stereocenters. The molecule has 4 heteroatoms. The summed E-state index contributed by atoms with van der Waals surface area (Å²) in [6.07, 6.45) is 0. The molecule has 0 amide bonds. The Hall–Kier alpha value is -1.39. The Morgan fingerprint density at radius 1 is 1.32 bits per heavy atom. The van der Waals surface area contributed by atoms with Crippen molar-refractivity contribution < 1.29 is 4.74 Å². The van der Waals surface area contributed by atoms with Crippen molar-refractivity contribution in [2.75, 3.05) is 6.61 Å². The number of aromatic nitrogens is 1. The third-order valence-electron chi connectivity index (χ3n) is 2.85. The van der Waals surface area contributed by atoms with Gasteiger partial charge in [0, 0.05) is 17.6 Å². The summed E-state index contributed by atoms with van der Waals surface area (Å²) in [5, 5.41) is 6.72. The number of nitrogens with zero attached hydrogens (tertiary/aromatic N) is 1. The Balaban J connectivity index is 1.87. The molecule has 0 radical (unpaired) electrons. The van der Waals surface area contributed by atoms with Crippen LogP contribution in [0.2, 0.25) is 0 Å². The maximum absolute atomic E-state index is 5.43. The highest BCUT2D eigenvalue weighted by atomic mass is 32.1. The highest BCUT2D eigenvalue weighted by Crippen LogP contribution is 2.18. The molecular weight excluding hydrogens is 256 g/mol. The fourth-order valence-corrected chi connectivity index (χ4v) is 2.63. The highest BCUT2D eigenvalue weighted by molar-refractivity contribution is 7.09. The van der Waals surface area contributed by atoms with Crippen molar-refractivity contribution in [3.8, 4) is 5.75 Å². The average molecular weight is 276 g/mol. The zero-order valence-electron chi connectivity index (χ0n) is 11.6. The molecular formula is C15H20N2OS. The van der Waals surface area contributed by atoms with Crippen LogP contribution in [0.3, 0.4) is 0 Å². The summed E-state index contributed by atoms with van der Waals surface area (Å²) in [5.41, 5.74) is 2.35. The van der Waals surface area contributed by atoms with Crippen molar-refractivity contribution in [1.29, 1.82) is 0 Å². The molecule has 0 aliphatic rings. The van der Waals surface area contributed by atoms with Gasteiger partial charge in [0.1, 0.15) is 10.8 Å². The minimum absolute atomic E-state index is 0.283. The average Bonchev–Trinajstić information content (AvgIpc) is 2.85. The van der Waals surface area contributed by atoms with Crippen LogP contribution in [-0.4, -0.2) is 11.6 Å². The van der Waals surface area contributed by atoms with Gasteiger partial charge in [0.05, 0.1) is 12.6 Å². The molecule has 2 aromatic rings. The molecule has 2 rings (SSSR count). The third kappa shape index (κ3) is 4.04. The van der Waals surface area contributed by atoms with Crippen LogP contribution in [0.25, 0.3) is 0 Å². The summed E-state index contributed by atoms with van der Waals surface area (Å²) >= 11 is 1.71. The van der Waals surface area contributed by atoms with Gasteiger partial charge in [-0.05, 0) is 38.5 Å². The molecule has 1 heterocycles. The number of nitrogens with one attached hydrogen (secondary N) is 1. The summed E-state index contributed by atoms with van der Waals surface area (Å²) in [5.74, 6) is 0.926. The fraction of sp³-hybridized carbons (Fsp3) is 0.400. The SMILES string of the molecule is CCOc1ccc(CNC(C)c2nc(C)cs2)cc1. The maximum Gasteiger partial charge on any atom is 0.119 e. The molecule has 0 saturated heterocycles. The predicted octanol–water partition coefficient (Wildman–Crippen LogP) is 3.70. The Labute approximate surface area is 118 Å². The van der Waals surface area contributed by atoms with Crippen molar-refractivity contribution in [1.82, 2.24) is 10.3 Å². The Morgan fingerprint density at radius 2 is 2.05 bits per heavy atom. The monoisotopic (exact) mass is 276 g/mol. The van der Waals surface area contributed by atoms with E-state index in [1.54, 1.807) is 11.3 Å². The largest absolute Gasteiger partial charge is 0.494 e. The summed E-state index contributed by atoms with van der Waals surface area (Å²) in [6, 6.07) is 8.50. The molecule has 1 aromatic heterocycles. The summed E-state index contributed by atoms with van der Waals surface area (Å²) in [4.78, 5) is 4.50. The lowest BCUT2D eigenvalue weighted by Crippen LogP contribution is -2.17. The number of hydrogen-bond acceptors (Lipinski definition) is 4. The van der Waals surface area contributed by atoms with Gasteiger partial charge in [-0.15, -0.1) is 11.3 Å². The van der Waals surface area contributed by atoms with E-state index in [9.17, 15) is 0 Å². The van der Waals surface area contributed by atoms with E-state index in [4.69, 9.17) is 4.74 Å². The quantitative estimate of drug-likeness (QED) is 0.873. The molecule has 0 spiro atoms. The van der Waals surface area contributed by atoms with E-state index < -0.39 is 0 Å². The van der Waals surface area contributed by atoms with E-state index in [0.29, 0.717) is 6.61 Å². The first-order valence-electron chi connectivity index (χ1n) is 6.56. The van der Waals surface area contributed by atoms with Crippen molar-refractivity contribution >= 4 is 11.3 Å². The first-order chi connectivity index (χ1) is 9.19. The van der Waals surface area contributed by atoms with Crippen LogP contribution >= 0.6 is 11.3 Å². The first-order valence-corrected chi connectivity index (χ1v) is 7.44. The van der Waals surface area contributed by atoms with Crippen LogP contribution in [-0.2, 0) is 6.54 Å². The normalized spacial score (nSPS) is 12.4. The Kier molecular flexibility index (Phi) is 4.93. The fourth-order valence-electron chi connectivity index (χ4n) is 1.80. The third-order valence-corrected chi connectivity index (χ3v) is 4.00. The lowest BCUT2D eigenvalue weighted by atomic mass is 10.2. The second kappa shape index (κ2) is 6.68. The smallest absolute Gasteiger partial charge is 0.119 e. The van der Waals surface area contributed by atoms with Gasteiger partial charge in [-0.25, -0.2) is 4.98 Å². The number of benzene rings is 1.